The molecule has 2 heteroatoms. The average Bonchev–Trinajstić information content (AvgIpc) is 1.72. The third-order valence-electron chi connectivity index (χ3n) is 0.693. The number of hydrogen-bond acceptors (Lipinski definition) is 2. The molecule has 1 fully saturated rings. The predicted molar refractivity (Wildman–Crippen MR) is 28.3 cm³/mol. The SMILES string of the molecule is [C]1NCCCS1. The number of rotatable bonds is 0. The molecule has 1 rings (SSSR count). The molecular weight excluding hydrogens is 94.1 g/mol. The molecule has 0 aromatic carbocycles. The van der Waals surface area contributed by atoms with Crippen LogP contribution in [0.1, 0.15) is 6.42 Å². The molecule has 2 radical (unpaired) electrons. The smallest absolute Gasteiger partial charge is 0.126 e. The van der Waals surface area contributed by atoms with Crippen LogP contribution in [0.2, 0.25) is 0 Å². The lowest BCUT2D eigenvalue weighted by Crippen LogP contribution is -2.15. The van der Waals surface area contributed by atoms with Crippen LogP contribution in [-0.4, -0.2) is 12.3 Å². The van der Waals surface area contributed by atoms with E-state index in [1.165, 1.54) is 12.2 Å². The first-order valence-corrected chi connectivity index (χ1v) is 3.08. The van der Waals surface area contributed by atoms with Crippen LogP contribution in [0.25, 0.3) is 0 Å². The normalized spacial score (nSPS) is 24.0. The summed E-state index contributed by atoms with van der Waals surface area (Å²) in [5, 5.41) is 3.00. The van der Waals surface area contributed by atoms with E-state index in [0.717, 1.165) is 6.54 Å². The highest BCUT2D eigenvalue weighted by Crippen LogP contribution is 2.07. The second kappa shape index (κ2) is 2.48. The first-order chi connectivity index (χ1) is 3.00. The van der Waals surface area contributed by atoms with Gasteiger partial charge in [0.15, 0.2) is 0 Å². The molecule has 1 heterocycles. The third kappa shape index (κ3) is 1.19. The van der Waals surface area contributed by atoms with Crippen molar-refractivity contribution in [3.63, 3.8) is 0 Å². The second-order valence-corrected chi connectivity index (χ2v) is 2.13. The number of hydrogen-bond donors (Lipinski definition) is 1. The van der Waals surface area contributed by atoms with E-state index in [4.69, 9.17) is 0 Å². The fraction of sp³-hybridized carbons (Fsp3) is 0.750. The summed E-state index contributed by atoms with van der Waals surface area (Å²) in [6, 6.07) is 0. The van der Waals surface area contributed by atoms with E-state index in [0.29, 0.717) is 0 Å². The molecule has 0 atom stereocenters. The maximum absolute atomic E-state index is 3.00. The molecular formula is C4H7NS. The van der Waals surface area contributed by atoms with Gasteiger partial charge >= 0.3 is 0 Å². The van der Waals surface area contributed by atoms with Crippen LogP contribution in [0, 0.1) is 5.88 Å². The maximum atomic E-state index is 3.00. The zero-order valence-electron chi connectivity index (χ0n) is 3.53. The highest BCUT2D eigenvalue weighted by molar-refractivity contribution is 8.01. The van der Waals surface area contributed by atoms with Gasteiger partial charge in [-0.15, -0.1) is 11.8 Å². The molecule has 1 nitrogen and oxygen atoms in total. The van der Waals surface area contributed by atoms with Crippen LogP contribution in [0.15, 0.2) is 0 Å². The molecule has 6 heavy (non-hydrogen) atoms. The largest absolute Gasteiger partial charge is 0.298 e. The van der Waals surface area contributed by atoms with Gasteiger partial charge in [-0.05, 0) is 18.7 Å². The van der Waals surface area contributed by atoms with Crippen LogP contribution in [-0.2, 0) is 0 Å². The van der Waals surface area contributed by atoms with Gasteiger partial charge in [0.25, 0.3) is 0 Å². The minimum absolute atomic E-state index is 1.12. The Morgan fingerprint density at radius 3 is 2.83 bits per heavy atom. The van der Waals surface area contributed by atoms with Gasteiger partial charge in [0, 0.05) is 0 Å². The van der Waals surface area contributed by atoms with E-state index < -0.39 is 0 Å². The molecule has 0 unspecified atom stereocenters. The van der Waals surface area contributed by atoms with Crippen LogP contribution < -0.4 is 5.32 Å². The molecule has 0 bridgehead atoms. The van der Waals surface area contributed by atoms with Crippen molar-refractivity contribution >= 4 is 11.8 Å². The van der Waals surface area contributed by atoms with Crippen molar-refractivity contribution < 1.29 is 0 Å². The highest BCUT2D eigenvalue weighted by Gasteiger charge is 1.95. The molecule has 0 spiro atoms. The van der Waals surface area contributed by atoms with E-state index in [1.807, 2.05) is 0 Å². The van der Waals surface area contributed by atoms with Crippen molar-refractivity contribution in [2.24, 2.45) is 0 Å². The van der Waals surface area contributed by atoms with E-state index in [9.17, 15) is 0 Å². The van der Waals surface area contributed by atoms with Crippen molar-refractivity contribution in [2.45, 2.75) is 6.42 Å². The lowest BCUT2D eigenvalue weighted by atomic mass is 10.5. The van der Waals surface area contributed by atoms with E-state index in [2.05, 4.69) is 11.2 Å². The van der Waals surface area contributed by atoms with Gasteiger partial charge < -0.3 is 0 Å². The van der Waals surface area contributed by atoms with Crippen LogP contribution >= 0.6 is 11.8 Å². The van der Waals surface area contributed by atoms with Gasteiger partial charge in [-0.3, -0.25) is 5.32 Å². The molecule has 1 aliphatic heterocycles. The number of nitrogens with one attached hydrogen (secondary N) is 1. The standard InChI is InChI=1S/C4H7NS/c1-2-5-4-6-3-1/h5H,1-3H2. The summed E-state index contributed by atoms with van der Waals surface area (Å²) >= 11 is 1.73. The fourth-order valence-electron chi connectivity index (χ4n) is 0.386. The summed E-state index contributed by atoms with van der Waals surface area (Å²) in [6.07, 6.45) is 1.29. The first-order valence-electron chi connectivity index (χ1n) is 2.10. The van der Waals surface area contributed by atoms with Gasteiger partial charge in [0.05, 0.1) is 0 Å². The molecule has 0 aromatic rings. The van der Waals surface area contributed by atoms with Gasteiger partial charge in [-0.25, -0.2) is 0 Å². The van der Waals surface area contributed by atoms with Gasteiger partial charge in [0.2, 0.25) is 0 Å². The van der Waals surface area contributed by atoms with Gasteiger partial charge in [0.1, 0.15) is 5.88 Å². The summed E-state index contributed by atoms with van der Waals surface area (Å²) in [6.45, 7) is 1.12. The van der Waals surface area contributed by atoms with Crippen molar-refractivity contribution in [3.05, 3.63) is 5.88 Å². The Balaban J connectivity index is 2.00. The summed E-state index contributed by atoms with van der Waals surface area (Å²) in [7, 11) is 0. The Labute approximate surface area is 42.5 Å². The first kappa shape index (κ1) is 4.47. The molecule has 1 saturated heterocycles. The Morgan fingerprint density at radius 2 is 2.67 bits per heavy atom. The molecule has 34 valence electrons. The summed E-state index contributed by atoms with van der Waals surface area (Å²) in [4.78, 5) is 0. The summed E-state index contributed by atoms with van der Waals surface area (Å²) in [5.41, 5.74) is 0. The Kier molecular flexibility index (Phi) is 1.85. The molecule has 0 aliphatic carbocycles. The Bertz CT molecular complexity index is 23.0. The number of thioether (sulfide) groups is 1. The zero-order valence-corrected chi connectivity index (χ0v) is 4.35. The van der Waals surface area contributed by atoms with Crippen molar-refractivity contribution in [2.75, 3.05) is 12.3 Å². The van der Waals surface area contributed by atoms with Crippen molar-refractivity contribution in [1.82, 2.24) is 5.32 Å². The summed E-state index contributed by atoms with van der Waals surface area (Å²) in [5.74, 6) is 4.19. The molecule has 1 N–H and O–H groups in total. The lowest BCUT2D eigenvalue weighted by molar-refractivity contribution is 0.785. The minimum Gasteiger partial charge on any atom is -0.298 e. The van der Waals surface area contributed by atoms with Crippen LogP contribution in [0.3, 0.4) is 0 Å². The Morgan fingerprint density at radius 1 is 1.67 bits per heavy atom. The zero-order chi connectivity index (χ0) is 4.24. The molecule has 1 aliphatic rings. The van der Waals surface area contributed by atoms with Crippen LogP contribution in [0.5, 0.6) is 0 Å². The van der Waals surface area contributed by atoms with E-state index in [-0.39, 0.29) is 0 Å². The van der Waals surface area contributed by atoms with E-state index >= 15 is 0 Å². The third-order valence-corrected chi connectivity index (χ3v) is 1.47. The predicted octanol–water partition coefficient (Wildman–Crippen LogP) is 0.709. The fourth-order valence-corrected chi connectivity index (χ4v) is 0.981. The maximum Gasteiger partial charge on any atom is 0.126 e. The monoisotopic (exact) mass is 101 g/mol. The second-order valence-electron chi connectivity index (χ2n) is 1.23. The minimum atomic E-state index is 1.12. The lowest BCUT2D eigenvalue weighted by Gasteiger charge is -2.06. The van der Waals surface area contributed by atoms with Gasteiger partial charge in [-0.1, -0.05) is 0 Å². The molecule has 0 aromatic heterocycles. The Hall–Kier alpha value is 0.310. The van der Waals surface area contributed by atoms with Crippen molar-refractivity contribution in [3.8, 4) is 0 Å². The molecule has 0 amide bonds. The average molecular weight is 101 g/mol. The van der Waals surface area contributed by atoms with E-state index in [1.54, 1.807) is 11.8 Å². The highest BCUT2D eigenvalue weighted by atomic mass is 32.2. The quantitative estimate of drug-likeness (QED) is 0.482. The van der Waals surface area contributed by atoms with Gasteiger partial charge in [-0.2, -0.15) is 0 Å². The topological polar surface area (TPSA) is 12.0 Å². The van der Waals surface area contributed by atoms with Crippen molar-refractivity contribution in [1.29, 1.82) is 0 Å². The molecule has 0 saturated carbocycles. The van der Waals surface area contributed by atoms with Crippen LogP contribution in [0.4, 0.5) is 0 Å². The summed E-state index contributed by atoms with van der Waals surface area (Å²) < 4.78 is 0.